The summed E-state index contributed by atoms with van der Waals surface area (Å²) in [6.45, 7) is 10.5. The van der Waals surface area contributed by atoms with Gasteiger partial charge >= 0.3 is 0 Å². The van der Waals surface area contributed by atoms with Crippen LogP contribution in [0.4, 0.5) is 0 Å². The first kappa shape index (κ1) is 13.6. The SMILES string of the molecule is CC(C)CN(Cc1ccccc1)C[C@H]1CCNC1. The van der Waals surface area contributed by atoms with E-state index in [-0.39, 0.29) is 0 Å². The van der Waals surface area contributed by atoms with Crippen LogP contribution < -0.4 is 5.32 Å². The van der Waals surface area contributed by atoms with Gasteiger partial charge in [-0.1, -0.05) is 44.2 Å². The highest BCUT2D eigenvalue weighted by molar-refractivity contribution is 5.14. The number of nitrogens with one attached hydrogen (secondary N) is 1. The van der Waals surface area contributed by atoms with E-state index < -0.39 is 0 Å². The Balaban J connectivity index is 1.91. The lowest BCUT2D eigenvalue weighted by molar-refractivity contribution is 0.205. The molecule has 0 aromatic heterocycles. The van der Waals surface area contributed by atoms with E-state index in [9.17, 15) is 0 Å². The van der Waals surface area contributed by atoms with E-state index in [1.54, 1.807) is 0 Å². The molecule has 0 amide bonds. The Hall–Kier alpha value is -0.860. The van der Waals surface area contributed by atoms with Crippen molar-refractivity contribution in [1.82, 2.24) is 10.2 Å². The zero-order chi connectivity index (χ0) is 12.8. The lowest BCUT2D eigenvalue weighted by Gasteiger charge is -2.27. The van der Waals surface area contributed by atoms with Gasteiger partial charge in [0.1, 0.15) is 0 Å². The van der Waals surface area contributed by atoms with Crippen LogP contribution in [0.1, 0.15) is 25.8 Å². The molecule has 2 rings (SSSR count). The molecule has 100 valence electrons. The van der Waals surface area contributed by atoms with Crippen molar-refractivity contribution < 1.29 is 0 Å². The molecular weight excluding hydrogens is 220 g/mol. The lowest BCUT2D eigenvalue weighted by atomic mass is 10.1. The summed E-state index contributed by atoms with van der Waals surface area (Å²) in [6, 6.07) is 10.8. The van der Waals surface area contributed by atoms with Crippen molar-refractivity contribution in [3.63, 3.8) is 0 Å². The summed E-state index contributed by atoms with van der Waals surface area (Å²) in [5, 5.41) is 3.47. The minimum absolute atomic E-state index is 0.739. The fourth-order valence-electron chi connectivity index (χ4n) is 2.80. The van der Waals surface area contributed by atoms with Gasteiger partial charge < -0.3 is 5.32 Å². The van der Waals surface area contributed by atoms with Crippen LogP contribution in [-0.2, 0) is 6.54 Å². The van der Waals surface area contributed by atoms with Gasteiger partial charge in [-0.15, -0.1) is 0 Å². The number of hydrogen-bond donors (Lipinski definition) is 1. The second kappa shape index (κ2) is 6.91. The van der Waals surface area contributed by atoms with Crippen LogP contribution in [0.3, 0.4) is 0 Å². The van der Waals surface area contributed by atoms with E-state index >= 15 is 0 Å². The van der Waals surface area contributed by atoms with E-state index in [2.05, 4.69) is 54.4 Å². The quantitative estimate of drug-likeness (QED) is 0.830. The standard InChI is InChI=1S/C16H26N2/c1-14(2)11-18(13-16-8-9-17-10-16)12-15-6-4-3-5-7-15/h3-7,14,16-17H,8-13H2,1-2H3/t16-/m0/s1. The van der Waals surface area contributed by atoms with Crippen molar-refractivity contribution in [2.24, 2.45) is 11.8 Å². The fraction of sp³-hybridized carbons (Fsp3) is 0.625. The second-order valence-electron chi connectivity index (χ2n) is 5.93. The normalized spacial score (nSPS) is 19.9. The lowest BCUT2D eigenvalue weighted by Crippen LogP contribution is -2.33. The third-order valence-corrected chi connectivity index (χ3v) is 3.55. The Morgan fingerprint density at radius 2 is 2.06 bits per heavy atom. The average Bonchev–Trinajstić information content (AvgIpc) is 2.82. The summed E-state index contributed by atoms with van der Waals surface area (Å²) in [4.78, 5) is 2.62. The van der Waals surface area contributed by atoms with Gasteiger partial charge in [-0.2, -0.15) is 0 Å². The molecule has 0 radical (unpaired) electrons. The molecule has 1 N–H and O–H groups in total. The minimum Gasteiger partial charge on any atom is -0.316 e. The maximum atomic E-state index is 3.47. The summed E-state index contributed by atoms with van der Waals surface area (Å²) in [7, 11) is 0. The van der Waals surface area contributed by atoms with Gasteiger partial charge in [0.15, 0.2) is 0 Å². The highest BCUT2D eigenvalue weighted by atomic mass is 15.1. The van der Waals surface area contributed by atoms with Gasteiger partial charge in [-0.05, 0) is 36.9 Å². The summed E-state index contributed by atoms with van der Waals surface area (Å²) in [5.74, 6) is 1.58. The molecule has 2 heteroatoms. The summed E-state index contributed by atoms with van der Waals surface area (Å²) in [6.07, 6.45) is 1.34. The van der Waals surface area contributed by atoms with Crippen LogP contribution in [0.5, 0.6) is 0 Å². The monoisotopic (exact) mass is 246 g/mol. The maximum Gasteiger partial charge on any atom is 0.0233 e. The Morgan fingerprint density at radius 1 is 1.28 bits per heavy atom. The van der Waals surface area contributed by atoms with Crippen LogP contribution in [0, 0.1) is 11.8 Å². The van der Waals surface area contributed by atoms with E-state index in [0.29, 0.717) is 0 Å². The number of rotatable bonds is 6. The molecule has 1 aromatic rings. The third-order valence-electron chi connectivity index (χ3n) is 3.55. The molecule has 1 atom stereocenters. The average molecular weight is 246 g/mol. The molecule has 1 aliphatic rings. The van der Waals surface area contributed by atoms with E-state index in [1.807, 2.05) is 0 Å². The highest BCUT2D eigenvalue weighted by Gasteiger charge is 2.18. The highest BCUT2D eigenvalue weighted by Crippen LogP contribution is 2.14. The predicted octanol–water partition coefficient (Wildman–Crippen LogP) is 2.75. The Kier molecular flexibility index (Phi) is 5.21. The number of nitrogens with zero attached hydrogens (tertiary/aromatic N) is 1. The minimum atomic E-state index is 0.739. The van der Waals surface area contributed by atoms with Crippen LogP contribution >= 0.6 is 0 Å². The Labute approximate surface area is 111 Å². The zero-order valence-electron chi connectivity index (χ0n) is 11.7. The molecule has 1 fully saturated rings. The summed E-state index contributed by atoms with van der Waals surface area (Å²) >= 11 is 0. The molecule has 1 aliphatic heterocycles. The predicted molar refractivity (Wildman–Crippen MR) is 77.5 cm³/mol. The van der Waals surface area contributed by atoms with Gasteiger partial charge in [-0.3, -0.25) is 4.90 Å². The fourth-order valence-corrected chi connectivity index (χ4v) is 2.80. The van der Waals surface area contributed by atoms with Crippen molar-refractivity contribution in [1.29, 1.82) is 0 Å². The first-order valence-electron chi connectivity index (χ1n) is 7.21. The van der Waals surface area contributed by atoms with Crippen molar-refractivity contribution in [3.05, 3.63) is 35.9 Å². The smallest absolute Gasteiger partial charge is 0.0233 e. The van der Waals surface area contributed by atoms with Gasteiger partial charge in [0, 0.05) is 19.6 Å². The summed E-state index contributed by atoms with van der Waals surface area (Å²) in [5.41, 5.74) is 1.43. The van der Waals surface area contributed by atoms with Crippen molar-refractivity contribution in [2.45, 2.75) is 26.8 Å². The number of benzene rings is 1. The molecule has 0 aliphatic carbocycles. The molecule has 1 heterocycles. The van der Waals surface area contributed by atoms with Crippen LogP contribution in [0.15, 0.2) is 30.3 Å². The molecule has 18 heavy (non-hydrogen) atoms. The van der Waals surface area contributed by atoms with Gasteiger partial charge in [0.05, 0.1) is 0 Å². The first-order valence-corrected chi connectivity index (χ1v) is 7.21. The van der Waals surface area contributed by atoms with E-state index in [4.69, 9.17) is 0 Å². The summed E-state index contributed by atoms with van der Waals surface area (Å²) < 4.78 is 0. The maximum absolute atomic E-state index is 3.47. The molecule has 0 bridgehead atoms. The molecule has 0 spiro atoms. The van der Waals surface area contributed by atoms with Crippen molar-refractivity contribution in [3.8, 4) is 0 Å². The molecule has 1 saturated heterocycles. The first-order chi connectivity index (χ1) is 8.74. The zero-order valence-corrected chi connectivity index (χ0v) is 11.7. The van der Waals surface area contributed by atoms with Crippen molar-refractivity contribution in [2.75, 3.05) is 26.2 Å². The van der Waals surface area contributed by atoms with Crippen molar-refractivity contribution >= 4 is 0 Å². The largest absolute Gasteiger partial charge is 0.316 e. The van der Waals surface area contributed by atoms with E-state index in [0.717, 1.165) is 18.4 Å². The van der Waals surface area contributed by atoms with Crippen LogP contribution in [0.25, 0.3) is 0 Å². The topological polar surface area (TPSA) is 15.3 Å². The molecule has 1 aromatic carbocycles. The van der Waals surface area contributed by atoms with Crippen LogP contribution in [-0.4, -0.2) is 31.1 Å². The van der Waals surface area contributed by atoms with Gasteiger partial charge in [0.2, 0.25) is 0 Å². The molecule has 2 nitrogen and oxygen atoms in total. The van der Waals surface area contributed by atoms with Gasteiger partial charge in [0.25, 0.3) is 0 Å². The molecule has 0 unspecified atom stereocenters. The second-order valence-corrected chi connectivity index (χ2v) is 5.93. The molecule has 0 saturated carbocycles. The Bertz CT molecular complexity index is 328. The third kappa shape index (κ3) is 4.43. The van der Waals surface area contributed by atoms with Crippen LogP contribution in [0.2, 0.25) is 0 Å². The Morgan fingerprint density at radius 3 is 2.67 bits per heavy atom. The van der Waals surface area contributed by atoms with E-state index in [1.165, 1.54) is 38.2 Å². The number of hydrogen-bond acceptors (Lipinski definition) is 2. The van der Waals surface area contributed by atoms with Gasteiger partial charge in [-0.25, -0.2) is 0 Å². The molecular formula is C16H26N2.